The first kappa shape index (κ1) is 17.8. The number of carbonyl (C=O) groups is 2. The molecule has 0 aliphatic heterocycles. The summed E-state index contributed by atoms with van der Waals surface area (Å²) < 4.78 is 5.09. The van der Waals surface area contributed by atoms with E-state index in [0.717, 1.165) is 11.1 Å². The number of aryl methyl sites for hydroxylation is 1. The summed E-state index contributed by atoms with van der Waals surface area (Å²) in [6.45, 7) is 3.49. The summed E-state index contributed by atoms with van der Waals surface area (Å²) in [4.78, 5) is 24.1. The Kier molecular flexibility index (Phi) is 5.82. The average Bonchev–Trinajstić information content (AvgIpc) is 2.53. The van der Waals surface area contributed by atoms with Crippen LogP contribution in [0.2, 0.25) is 5.02 Å². The Morgan fingerprint density at radius 2 is 1.96 bits per heavy atom. The quantitative estimate of drug-likeness (QED) is 0.814. The van der Waals surface area contributed by atoms with E-state index in [4.69, 9.17) is 16.3 Å². The molecule has 126 valence electrons. The molecule has 1 atom stereocenters. The molecule has 0 heterocycles. The lowest BCUT2D eigenvalue weighted by atomic mass is 10.1. The molecule has 0 saturated carbocycles. The lowest BCUT2D eigenvalue weighted by Gasteiger charge is -2.14. The summed E-state index contributed by atoms with van der Waals surface area (Å²) in [6, 6.07) is 11.7. The highest BCUT2D eigenvalue weighted by molar-refractivity contribution is 6.31. The minimum Gasteiger partial charge on any atom is -0.507 e. The van der Waals surface area contributed by atoms with Gasteiger partial charge in [0.05, 0.1) is 0 Å². The Bertz CT molecular complexity index is 760. The van der Waals surface area contributed by atoms with E-state index in [0.29, 0.717) is 5.02 Å². The number of phenols is 1. The molecular weight excluding hydrogens is 330 g/mol. The molecule has 2 rings (SSSR count). The highest BCUT2D eigenvalue weighted by Crippen LogP contribution is 2.20. The molecule has 6 heteroatoms. The van der Waals surface area contributed by atoms with Crippen molar-refractivity contribution in [3.05, 3.63) is 64.2 Å². The first-order valence-corrected chi connectivity index (χ1v) is 7.78. The average molecular weight is 348 g/mol. The van der Waals surface area contributed by atoms with Gasteiger partial charge in [-0.05, 0) is 43.2 Å². The fourth-order valence-electron chi connectivity index (χ4n) is 2.06. The predicted octanol–water partition coefficient (Wildman–Crippen LogP) is 3.22. The molecule has 1 unspecified atom stereocenters. The summed E-state index contributed by atoms with van der Waals surface area (Å²) >= 11 is 6.02. The van der Waals surface area contributed by atoms with Gasteiger partial charge in [-0.1, -0.05) is 35.9 Å². The Morgan fingerprint density at radius 1 is 1.25 bits per heavy atom. The van der Waals surface area contributed by atoms with Crippen molar-refractivity contribution in [3.8, 4) is 5.75 Å². The monoisotopic (exact) mass is 347 g/mol. The summed E-state index contributed by atoms with van der Waals surface area (Å²) in [7, 11) is 0. The Hall–Kier alpha value is -2.53. The first-order valence-electron chi connectivity index (χ1n) is 7.40. The SMILES string of the molecule is Cc1ccc(C(=O)OC(C)C(=O)NCc2ccccc2Cl)c(O)c1. The van der Waals surface area contributed by atoms with Crippen LogP contribution in [0.15, 0.2) is 42.5 Å². The Labute approximate surface area is 145 Å². The van der Waals surface area contributed by atoms with Crippen LogP contribution in [0, 0.1) is 6.92 Å². The standard InChI is InChI=1S/C18H18ClNO4/c1-11-7-8-14(16(21)9-11)18(23)24-12(2)17(22)20-10-13-5-3-4-6-15(13)19/h3-9,12,21H,10H2,1-2H3,(H,20,22). The van der Waals surface area contributed by atoms with E-state index < -0.39 is 18.0 Å². The third kappa shape index (κ3) is 4.49. The van der Waals surface area contributed by atoms with Crippen LogP contribution in [-0.4, -0.2) is 23.1 Å². The van der Waals surface area contributed by atoms with Gasteiger partial charge in [0.2, 0.25) is 0 Å². The molecule has 2 N–H and O–H groups in total. The Balaban J connectivity index is 1.93. The van der Waals surface area contributed by atoms with Gasteiger partial charge in [0.15, 0.2) is 6.10 Å². The fourth-order valence-corrected chi connectivity index (χ4v) is 2.26. The number of aromatic hydroxyl groups is 1. The van der Waals surface area contributed by atoms with Gasteiger partial charge in [0.1, 0.15) is 11.3 Å². The zero-order valence-corrected chi connectivity index (χ0v) is 14.1. The first-order chi connectivity index (χ1) is 11.4. The van der Waals surface area contributed by atoms with Crippen LogP contribution >= 0.6 is 11.6 Å². The van der Waals surface area contributed by atoms with Crippen LogP contribution in [0.1, 0.15) is 28.4 Å². The number of phenolic OH excluding ortho intramolecular Hbond substituents is 1. The molecule has 0 fully saturated rings. The van der Waals surface area contributed by atoms with E-state index >= 15 is 0 Å². The van der Waals surface area contributed by atoms with Crippen LogP contribution in [0.3, 0.4) is 0 Å². The highest BCUT2D eigenvalue weighted by Gasteiger charge is 2.20. The molecule has 24 heavy (non-hydrogen) atoms. The maximum atomic E-state index is 12.0. The maximum Gasteiger partial charge on any atom is 0.342 e. The summed E-state index contributed by atoms with van der Waals surface area (Å²) in [5.41, 5.74) is 1.60. The molecule has 2 aromatic carbocycles. The van der Waals surface area contributed by atoms with Crippen molar-refractivity contribution in [2.45, 2.75) is 26.5 Å². The topological polar surface area (TPSA) is 75.6 Å². The van der Waals surface area contributed by atoms with Gasteiger partial charge in [-0.25, -0.2) is 4.79 Å². The minimum absolute atomic E-state index is 0.0198. The number of carbonyl (C=O) groups excluding carboxylic acids is 2. The van der Waals surface area contributed by atoms with Gasteiger partial charge < -0.3 is 15.2 Å². The van der Waals surface area contributed by atoms with E-state index in [1.54, 1.807) is 31.2 Å². The molecule has 0 radical (unpaired) electrons. The molecule has 0 aliphatic carbocycles. The van der Waals surface area contributed by atoms with Crippen LogP contribution in [0.25, 0.3) is 0 Å². The number of halogens is 1. The number of amides is 1. The Morgan fingerprint density at radius 3 is 2.62 bits per heavy atom. The number of hydrogen-bond acceptors (Lipinski definition) is 4. The van der Waals surface area contributed by atoms with Crippen molar-refractivity contribution in [1.29, 1.82) is 0 Å². The number of rotatable bonds is 5. The molecule has 0 aliphatic rings. The molecule has 1 amide bonds. The van der Waals surface area contributed by atoms with Crippen LogP contribution in [0.5, 0.6) is 5.75 Å². The van der Waals surface area contributed by atoms with Gasteiger partial charge in [0, 0.05) is 11.6 Å². The zero-order chi connectivity index (χ0) is 17.7. The smallest absolute Gasteiger partial charge is 0.342 e. The van der Waals surface area contributed by atoms with Gasteiger partial charge in [0.25, 0.3) is 5.91 Å². The van der Waals surface area contributed by atoms with Gasteiger partial charge >= 0.3 is 5.97 Å². The van der Waals surface area contributed by atoms with E-state index in [1.807, 2.05) is 6.07 Å². The van der Waals surface area contributed by atoms with E-state index in [1.165, 1.54) is 19.1 Å². The van der Waals surface area contributed by atoms with Crippen molar-refractivity contribution >= 4 is 23.5 Å². The van der Waals surface area contributed by atoms with Crippen molar-refractivity contribution in [1.82, 2.24) is 5.32 Å². The van der Waals surface area contributed by atoms with Gasteiger partial charge in [-0.2, -0.15) is 0 Å². The zero-order valence-electron chi connectivity index (χ0n) is 13.4. The van der Waals surface area contributed by atoms with Crippen molar-refractivity contribution < 1.29 is 19.4 Å². The third-order valence-electron chi connectivity index (χ3n) is 3.44. The van der Waals surface area contributed by atoms with Crippen molar-refractivity contribution in [3.63, 3.8) is 0 Å². The number of hydrogen-bond donors (Lipinski definition) is 2. The number of ether oxygens (including phenoxy) is 1. The molecule has 0 bridgehead atoms. The molecule has 0 saturated heterocycles. The highest BCUT2D eigenvalue weighted by atomic mass is 35.5. The normalized spacial score (nSPS) is 11.6. The third-order valence-corrected chi connectivity index (χ3v) is 3.81. The predicted molar refractivity (Wildman–Crippen MR) is 91.0 cm³/mol. The molecule has 5 nitrogen and oxygen atoms in total. The fraction of sp³-hybridized carbons (Fsp3) is 0.222. The number of esters is 1. The molecule has 0 aromatic heterocycles. The van der Waals surface area contributed by atoms with Crippen LogP contribution in [0.4, 0.5) is 0 Å². The summed E-state index contributed by atoms with van der Waals surface area (Å²) in [5, 5.41) is 13.0. The van der Waals surface area contributed by atoms with Gasteiger partial charge in [-0.15, -0.1) is 0 Å². The lowest BCUT2D eigenvalue weighted by Crippen LogP contribution is -2.35. The van der Waals surface area contributed by atoms with E-state index in [9.17, 15) is 14.7 Å². The van der Waals surface area contributed by atoms with Gasteiger partial charge in [-0.3, -0.25) is 4.79 Å². The number of benzene rings is 2. The maximum absolute atomic E-state index is 12.0. The molecule has 0 spiro atoms. The summed E-state index contributed by atoms with van der Waals surface area (Å²) in [6.07, 6.45) is -0.999. The molecule has 2 aromatic rings. The van der Waals surface area contributed by atoms with Crippen molar-refractivity contribution in [2.24, 2.45) is 0 Å². The second-order valence-corrected chi connectivity index (χ2v) is 5.78. The van der Waals surface area contributed by atoms with E-state index in [2.05, 4.69) is 5.32 Å². The summed E-state index contributed by atoms with van der Waals surface area (Å²) in [5.74, 6) is -1.38. The lowest BCUT2D eigenvalue weighted by molar-refractivity contribution is -0.129. The van der Waals surface area contributed by atoms with Crippen molar-refractivity contribution in [2.75, 3.05) is 0 Å². The second kappa shape index (κ2) is 7.84. The van der Waals surface area contributed by atoms with Crippen LogP contribution < -0.4 is 5.32 Å². The minimum atomic E-state index is -0.999. The molecular formula is C18H18ClNO4. The largest absolute Gasteiger partial charge is 0.507 e. The van der Waals surface area contributed by atoms with E-state index in [-0.39, 0.29) is 17.9 Å². The second-order valence-electron chi connectivity index (χ2n) is 5.38. The van der Waals surface area contributed by atoms with Crippen LogP contribution in [-0.2, 0) is 16.1 Å². The number of nitrogens with one attached hydrogen (secondary N) is 1.